The van der Waals surface area contributed by atoms with Crippen LogP contribution >= 0.6 is 0 Å². The summed E-state index contributed by atoms with van der Waals surface area (Å²) in [6, 6.07) is -0.137. The van der Waals surface area contributed by atoms with E-state index in [9.17, 15) is 4.79 Å². The molecule has 2 rings (SSSR count). The summed E-state index contributed by atoms with van der Waals surface area (Å²) < 4.78 is 0. The number of carbonyl (C=O) groups is 1. The van der Waals surface area contributed by atoms with Gasteiger partial charge in [-0.15, -0.1) is 0 Å². The van der Waals surface area contributed by atoms with E-state index in [1.165, 1.54) is 4.90 Å². The number of amides is 1. The zero-order chi connectivity index (χ0) is 13.1. The first-order valence-corrected chi connectivity index (χ1v) is 5.80. The van der Waals surface area contributed by atoms with Gasteiger partial charge in [0.15, 0.2) is 0 Å². The molecule has 1 atom stereocenters. The summed E-state index contributed by atoms with van der Waals surface area (Å²) in [5.41, 5.74) is 1.71. The predicted molar refractivity (Wildman–Crippen MR) is 64.3 cm³/mol. The minimum absolute atomic E-state index is 0.0122. The van der Waals surface area contributed by atoms with Gasteiger partial charge in [-0.25, -0.2) is 14.8 Å². The molecular formula is C11H16N4O3. The molecule has 3 N–H and O–H groups in total. The van der Waals surface area contributed by atoms with E-state index < -0.39 is 6.09 Å². The van der Waals surface area contributed by atoms with E-state index >= 15 is 0 Å². The number of hydrogen-bond acceptors (Lipinski definition) is 5. The molecule has 18 heavy (non-hydrogen) atoms. The molecule has 0 aliphatic carbocycles. The molecule has 0 saturated heterocycles. The zero-order valence-corrected chi connectivity index (χ0v) is 10.1. The largest absolute Gasteiger partial charge is 0.465 e. The monoisotopic (exact) mass is 252 g/mol. The summed E-state index contributed by atoms with van der Waals surface area (Å²) in [6.45, 7) is 2.56. The number of rotatable bonds is 3. The second kappa shape index (κ2) is 5.18. The number of aliphatic hydroxyl groups is 1. The van der Waals surface area contributed by atoms with Crippen LogP contribution in [-0.2, 0) is 13.0 Å². The molecule has 2 heterocycles. The third-order valence-electron chi connectivity index (χ3n) is 2.87. The fourth-order valence-corrected chi connectivity index (χ4v) is 1.80. The first kappa shape index (κ1) is 12.6. The number of nitrogens with zero attached hydrogens (tertiary/aromatic N) is 3. The van der Waals surface area contributed by atoms with Crippen molar-refractivity contribution < 1.29 is 15.0 Å². The Morgan fingerprint density at radius 2 is 2.44 bits per heavy atom. The Hall–Kier alpha value is -1.89. The molecule has 0 aromatic carbocycles. The van der Waals surface area contributed by atoms with Crippen molar-refractivity contribution >= 4 is 12.0 Å². The van der Waals surface area contributed by atoms with Crippen LogP contribution in [0.15, 0.2) is 6.20 Å². The van der Waals surface area contributed by atoms with Gasteiger partial charge in [0, 0.05) is 18.8 Å². The van der Waals surface area contributed by atoms with E-state index in [4.69, 9.17) is 10.2 Å². The molecule has 0 saturated carbocycles. The highest BCUT2D eigenvalue weighted by Crippen LogP contribution is 2.17. The van der Waals surface area contributed by atoms with Crippen LogP contribution in [0.5, 0.6) is 0 Å². The highest BCUT2D eigenvalue weighted by atomic mass is 16.4. The SMILES string of the molecule is C[C@@H](CO)Nc1ncc2c(n1)CN(C(=O)O)CC2. The van der Waals surface area contributed by atoms with Gasteiger partial charge < -0.3 is 20.4 Å². The van der Waals surface area contributed by atoms with E-state index in [1.54, 1.807) is 6.20 Å². The quantitative estimate of drug-likeness (QED) is 0.716. The Bertz CT molecular complexity index is 452. The third kappa shape index (κ3) is 2.67. The van der Waals surface area contributed by atoms with Crippen LogP contribution in [0.2, 0.25) is 0 Å². The maximum Gasteiger partial charge on any atom is 0.407 e. The Morgan fingerprint density at radius 1 is 1.67 bits per heavy atom. The van der Waals surface area contributed by atoms with Crippen LogP contribution in [0.3, 0.4) is 0 Å². The van der Waals surface area contributed by atoms with E-state index in [1.807, 2.05) is 6.92 Å². The van der Waals surface area contributed by atoms with Crippen molar-refractivity contribution in [2.24, 2.45) is 0 Å². The third-order valence-corrected chi connectivity index (χ3v) is 2.87. The summed E-state index contributed by atoms with van der Waals surface area (Å²) in [5.74, 6) is 0.419. The van der Waals surface area contributed by atoms with Crippen LogP contribution in [0.4, 0.5) is 10.7 Å². The number of hydrogen-bond donors (Lipinski definition) is 3. The smallest absolute Gasteiger partial charge is 0.407 e. The van der Waals surface area contributed by atoms with Gasteiger partial charge in [0.1, 0.15) is 0 Å². The molecule has 1 aromatic heterocycles. The van der Waals surface area contributed by atoms with Crippen LogP contribution in [-0.4, -0.2) is 50.4 Å². The molecule has 0 unspecified atom stereocenters. The summed E-state index contributed by atoms with van der Waals surface area (Å²) in [4.78, 5) is 20.7. The van der Waals surface area contributed by atoms with Gasteiger partial charge in [0.05, 0.1) is 18.8 Å². The van der Waals surface area contributed by atoms with Gasteiger partial charge in [-0.05, 0) is 18.9 Å². The van der Waals surface area contributed by atoms with Gasteiger partial charge >= 0.3 is 6.09 Å². The second-order valence-electron chi connectivity index (χ2n) is 4.35. The van der Waals surface area contributed by atoms with Gasteiger partial charge in [0.25, 0.3) is 0 Å². The Morgan fingerprint density at radius 3 is 3.11 bits per heavy atom. The number of fused-ring (bicyclic) bond motifs is 1. The first-order chi connectivity index (χ1) is 8.60. The predicted octanol–water partition coefficient (Wildman–Crippen LogP) is 0.305. The molecule has 0 bridgehead atoms. The molecule has 1 aliphatic heterocycles. The summed E-state index contributed by atoms with van der Waals surface area (Å²) in [6.07, 6.45) is 1.42. The molecule has 1 aromatic rings. The fourth-order valence-electron chi connectivity index (χ4n) is 1.80. The molecule has 1 aliphatic rings. The van der Waals surface area contributed by atoms with Crippen molar-refractivity contribution in [1.82, 2.24) is 14.9 Å². The lowest BCUT2D eigenvalue weighted by molar-refractivity contribution is 0.139. The molecule has 7 heteroatoms. The minimum atomic E-state index is -0.933. The van der Waals surface area contributed by atoms with E-state index in [0.717, 1.165) is 11.3 Å². The van der Waals surface area contributed by atoms with Crippen molar-refractivity contribution in [1.29, 1.82) is 0 Å². The van der Waals surface area contributed by atoms with Crippen LogP contribution in [0.25, 0.3) is 0 Å². The number of aliphatic hydroxyl groups excluding tert-OH is 1. The molecule has 1 amide bonds. The van der Waals surface area contributed by atoms with Crippen LogP contribution in [0, 0.1) is 0 Å². The average Bonchev–Trinajstić information content (AvgIpc) is 2.37. The summed E-state index contributed by atoms with van der Waals surface area (Å²) in [7, 11) is 0. The fraction of sp³-hybridized carbons (Fsp3) is 0.545. The number of carboxylic acid groups (broad SMARTS) is 1. The molecule has 0 radical (unpaired) electrons. The maximum atomic E-state index is 10.9. The van der Waals surface area contributed by atoms with Crippen LogP contribution < -0.4 is 5.32 Å². The second-order valence-corrected chi connectivity index (χ2v) is 4.35. The summed E-state index contributed by atoms with van der Waals surface area (Å²) in [5, 5.41) is 20.8. The zero-order valence-electron chi connectivity index (χ0n) is 10.1. The van der Waals surface area contributed by atoms with E-state index in [2.05, 4.69) is 15.3 Å². The molecular weight excluding hydrogens is 236 g/mol. The number of anilines is 1. The standard InChI is InChI=1S/C11H16N4O3/c1-7(6-16)13-10-12-4-8-2-3-15(11(17)18)5-9(8)14-10/h4,7,16H,2-3,5-6H2,1H3,(H,17,18)(H,12,13,14)/t7-/m0/s1. The highest BCUT2D eigenvalue weighted by Gasteiger charge is 2.21. The highest BCUT2D eigenvalue weighted by molar-refractivity contribution is 5.65. The Labute approximate surface area is 104 Å². The molecule has 98 valence electrons. The van der Waals surface area contributed by atoms with Crippen molar-refractivity contribution in [3.8, 4) is 0 Å². The average molecular weight is 252 g/mol. The Balaban J connectivity index is 2.15. The van der Waals surface area contributed by atoms with Gasteiger partial charge in [-0.1, -0.05) is 0 Å². The molecule has 0 spiro atoms. The maximum absolute atomic E-state index is 10.9. The lowest BCUT2D eigenvalue weighted by atomic mass is 10.1. The summed E-state index contributed by atoms with van der Waals surface area (Å²) >= 11 is 0. The number of nitrogens with one attached hydrogen (secondary N) is 1. The van der Waals surface area contributed by atoms with Gasteiger partial charge in [-0.3, -0.25) is 0 Å². The first-order valence-electron chi connectivity index (χ1n) is 5.80. The minimum Gasteiger partial charge on any atom is -0.465 e. The van der Waals surface area contributed by atoms with Gasteiger partial charge in [0.2, 0.25) is 5.95 Å². The van der Waals surface area contributed by atoms with E-state index in [-0.39, 0.29) is 19.2 Å². The van der Waals surface area contributed by atoms with Crippen molar-refractivity contribution in [2.45, 2.75) is 25.9 Å². The van der Waals surface area contributed by atoms with E-state index in [0.29, 0.717) is 18.9 Å². The van der Waals surface area contributed by atoms with Crippen molar-refractivity contribution in [3.05, 3.63) is 17.5 Å². The lowest BCUT2D eigenvalue weighted by Gasteiger charge is -2.25. The molecule has 7 nitrogen and oxygen atoms in total. The normalized spacial score (nSPS) is 16.0. The van der Waals surface area contributed by atoms with Crippen LogP contribution in [0.1, 0.15) is 18.2 Å². The van der Waals surface area contributed by atoms with Crippen molar-refractivity contribution in [3.63, 3.8) is 0 Å². The number of aromatic nitrogens is 2. The lowest BCUT2D eigenvalue weighted by Crippen LogP contribution is -2.35. The Kier molecular flexibility index (Phi) is 3.61. The van der Waals surface area contributed by atoms with Gasteiger partial charge in [-0.2, -0.15) is 0 Å². The molecule has 0 fully saturated rings. The topological polar surface area (TPSA) is 98.6 Å². The van der Waals surface area contributed by atoms with Crippen molar-refractivity contribution in [2.75, 3.05) is 18.5 Å².